The van der Waals surface area contributed by atoms with Crippen molar-refractivity contribution in [2.45, 2.75) is 13.3 Å². The molecule has 1 aromatic rings. The molecule has 80 valence electrons. The number of carbonyl (C=O) groups is 1. The smallest absolute Gasteiger partial charge is 0.189 e. The molecular weight excluding hydrogens is 190 g/mol. The number of hydrazone groups is 1. The Labute approximate surface area is 89.2 Å². The predicted octanol–water partition coefficient (Wildman–Crippen LogP) is 1.17. The van der Waals surface area contributed by atoms with Gasteiger partial charge in [-0.25, -0.2) is 0 Å². The lowest BCUT2D eigenvalue weighted by Gasteiger charge is -2.00. The number of benzene rings is 1. The minimum Gasteiger partial charge on any atom is -0.324 e. The summed E-state index contributed by atoms with van der Waals surface area (Å²) in [6.45, 7) is 2.08. The van der Waals surface area contributed by atoms with Crippen molar-refractivity contribution in [3.05, 3.63) is 29.8 Å². The van der Waals surface area contributed by atoms with E-state index in [9.17, 15) is 4.79 Å². The highest BCUT2D eigenvalue weighted by Crippen LogP contribution is 2.09. The van der Waals surface area contributed by atoms with E-state index in [0.717, 1.165) is 12.1 Å². The van der Waals surface area contributed by atoms with Crippen LogP contribution in [-0.4, -0.2) is 18.5 Å². The molecule has 4 heteroatoms. The fourth-order valence-electron chi connectivity index (χ4n) is 1.05. The Morgan fingerprint density at radius 3 is 2.67 bits per heavy atom. The number of nitrogens with one attached hydrogen (secondary N) is 1. The molecule has 0 aliphatic rings. The number of nitrogens with zero attached hydrogens (tertiary/aromatic N) is 1. The van der Waals surface area contributed by atoms with E-state index in [4.69, 9.17) is 5.73 Å². The van der Waals surface area contributed by atoms with Crippen LogP contribution in [0, 0.1) is 0 Å². The number of carbonyl (C=O) groups excluding carboxylic acids is 1. The second-order valence-corrected chi connectivity index (χ2v) is 3.09. The zero-order valence-corrected chi connectivity index (χ0v) is 8.73. The van der Waals surface area contributed by atoms with Gasteiger partial charge in [-0.3, -0.25) is 10.2 Å². The van der Waals surface area contributed by atoms with Gasteiger partial charge in [0.2, 0.25) is 0 Å². The van der Waals surface area contributed by atoms with Crippen molar-refractivity contribution in [1.29, 1.82) is 0 Å². The number of hydrogen-bond donors (Lipinski definition) is 2. The summed E-state index contributed by atoms with van der Waals surface area (Å²) >= 11 is 0. The normalized spacial score (nSPS) is 10.5. The van der Waals surface area contributed by atoms with Crippen molar-refractivity contribution in [1.82, 2.24) is 0 Å². The Balaban J connectivity index is 2.51. The SMILES string of the molecule is CCc1ccc(N/N=C/C(=O)CN)cc1. The third-order valence-corrected chi connectivity index (χ3v) is 1.97. The first kappa shape index (κ1) is 11.4. The molecule has 0 aliphatic heterocycles. The molecule has 1 rings (SSSR count). The number of rotatable bonds is 5. The molecule has 0 saturated carbocycles. The third kappa shape index (κ3) is 3.91. The van der Waals surface area contributed by atoms with Crippen LogP contribution in [0.3, 0.4) is 0 Å². The summed E-state index contributed by atoms with van der Waals surface area (Å²) in [6, 6.07) is 7.87. The van der Waals surface area contributed by atoms with Crippen LogP contribution in [0.1, 0.15) is 12.5 Å². The van der Waals surface area contributed by atoms with Gasteiger partial charge in [0.15, 0.2) is 5.78 Å². The Bertz CT molecular complexity index is 343. The first-order valence-corrected chi connectivity index (χ1v) is 4.87. The molecule has 0 saturated heterocycles. The number of ketones is 1. The van der Waals surface area contributed by atoms with E-state index in [0.29, 0.717) is 0 Å². The Hall–Kier alpha value is -1.68. The molecular formula is C11H15N3O. The maximum Gasteiger partial charge on any atom is 0.189 e. The van der Waals surface area contributed by atoms with Crippen LogP contribution >= 0.6 is 0 Å². The van der Waals surface area contributed by atoms with Gasteiger partial charge >= 0.3 is 0 Å². The fraction of sp³-hybridized carbons (Fsp3) is 0.273. The number of nitrogens with two attached hydrogens (primary N) is 1. The van der Waals surface area contributed by atoms with Crippen LogP contribution in [0.25, 0.3) is 0 Å². The Kier molecular flexibility index (Phi) is 4.50. The molecule has 15 heavy (non-hydrogen) atoms. The molecule has 4 nitrogen and oxygen atoms in total. The summed E-state index contributed by atoms with van der Waals surface area (Å²) in [5.74, 6) is -0.201. The molecule has 0 spiro atoms. The molecule has 0 unspecified atom stereocenters. The van der Waals surface area contributed by atoms with Crippen LogP contribution in [0.2, 0.25) is 0 Å². The molecule has 0 atom stereocenters. The minimum atomic E-state index is -0.201. The van der Waals surface area contributed by atoms with E-state index < -0.39 is 0 Å². The number of Topliss-reactive ketones (excluding diaryl/α,β-unsaturated/α-hetero) is 1. The van der Waals surface area contributed by atoms with E-state index in [-0.39, 0.29) is 12.3 Å². The van der Waals surface area contributed by atoms with Crippen LogP contribution < -0.4 is 11.2 Å². The summed E-state index contributed by atoms with van der Waals surface area (Å²) < 4.78 is 0. The molecule has 0 radical (unpaired) electrons. The van der Waals surface area contributed by atoms with Gasteiger partial charge < -0.3 is 5.73 Å². The molecule has 1 aromatic carbocycles. The summed E-state index contributed by atoms with van der Waals surface area (Å²) in [5, 5.41) is 3.76. The summed E-state index contributed by atoms with van der Waals surface area (Å²) in [6.07, 6.45) is 2.20. The predicted molar refractivity (Wildman–Crippen MR) is 62.0 cm³/mol. The average Bonchev–Trinajstić information content (AvgIpc) is 2.29. The Morgan fingerprint density at radius 1 is 1.47 bits per heavy atom. The van der Waals surface area contributed by atoms with Crippen molar-refractivity contribution < 1.29 is 4.79 Å². The number of hydrogen-bond acceptors (Lipinski definition) is 4. The Morgan fingerprint density at radius 2 is 2.13 bits per heavy atom. The molecule has 0 bridgehead atoms. The van der Waals surface area contributed by atoms with Crippen molar-refractivity contribution in [2.24, 2.45) is 10.8 Å². The third-order valence-electron chi connectivity index (χ3n) is 1.97. The lowest BCUT2D eigenvalue weighted by Crippen LogP contribution is -2.14. The van der Waals surface area contributed by atoms with Gasteiger partial charge in [-0.15, -0.1) is 0 Å². The highest BCUT2D eigenvalue weighted by molar-refractivity contribution is 6.28. The lowest BCUT2D eigenvalue weighted by atomic mass is 10.2. The second-order valence-electron chi connectivity index (χ2n) is 3.09. The molecule has 0 fully saturated rings. The molecule has 0 aromatic heterocycles. The number of aryl methyl sites for hydroxylation is 1. The lowest BCUT2D eigenvalue weighted by molar-refractivity contribution is -0.111. The number of anilines is 1. The fourth-order valence-corrected chi connectivity index (χ4v) is 1.05. The maximum atomic E-state index is 10.8. The highest BCUT2D eigenvalue weighted by Gasteiger charge is 1.92. The van der Waals surface area contributed by atoms with E-state index >= 15 is 0 Å². The quantitative estimate of drug-likeness (QED) is 0.560. The second kappa shape index (κ2) is 5.93. The van der Waals surface area contributed by atoms with Gasteiger partial charge in [-0.1, -0.05) is 19.1 Å². The van der Waals surface area contributed by atoms with Crippen molar-refractivity contribution in [3.63, 3.8) is 0 Å². The molecule has 0 aliphatic carbocycles. The van der Waals surface area contributed by atoms with Crippen LogP contribution in [-0.2, 0) is 11.2 Å². The standard InChI is InChI=1S/C11H15N3O/c1-2-9-3-5-10(6-4-9)14-13-8-11(15)7-12/h3-6,8,14H,2,7,12H2,1H3/b13-8+. The van der Waals surface area contributed by atoms with Crippen LogP contribution in [0.5, 0.6) is 0 Å². The van der Waals surface area contributed by atoms with E-state index in [2.05, 4.69) is 17.5 Å². The summed E-state index contributed by atoms with van der Waals surface area (Å²) in [7, 11) is 0. The van der Waals surface area contributed by atoms with Crippen molar-refractivity contribution in [3.8, 4) is 0 Å². The highest BCUT2D eigenvalue weighted by atomic mass is 16.1. The zero-order valence-electron chi connectivity index (χ0n) is 8.73. The topological polar surface area (TPSA) is 67.5 Å². The molecule has 0 amide bonds. The first-order chi connectivity index (χ1) is 7.26. The zero-order chi connectivity index (χ0) is 11.1. The first-order valence-electron chi connectivity index (χ1n) is 4.87. The van der Waals surface area contributed by atoms with Gasteiger partial charge in [0.05, 0.1) is 18.4 Å². The van der Waals surface area contributed by atoms with Gasteiger partial charge in [0.1, 0.15) is 0 Å². The van der Waals surface area contributed by atoms with Crippen LogP contribution in [0.4, 0.5) is 5.69 Å². The van der Waals surface area contributed by atoms with Crippen LogP contribution in [0.15, 0.2) is 29.4 Å². The van der Waals surface area contributed by atoms with Gasteiger partial charge in [-0.2, -0.15) is 5.10 Å². The average molecular weight is 205 g/mol. The van der Waals surface area contributed by atoms with Gasteiger partial charge in [0, 0.05) is 0 Å². The molecule has 3 N–H and O–H groups in total. The maximum absolute atomic E-state index is 10.8. The minimum absolute atomic E-state index is 0.0139. The van der Waals surface area contributed by atoms with Gasteiger partial charge in [-0.05, 0) is 24.1 Å². The van der Waals surface area contributed by atoms with Crippen molar-refractivity contribution in [2.75, 3.05) is 12.0 Å². The molecule has 0 heterocycles. The van der Waals surface area contributed by atoms with E-state index in [1.807, 2.05) is 24.3 Å². The van der Waals surface area contributed by atoms with Crippen molar-refractivity contribution >= 4 is 17.7 Å². The largest absolute Gasteiger partial charge is 0.324 e. The monoisotopic (exact) mass is 205 g/mol. The summed E-state index contributed by atoms with van der Waals surface area (Å²) in [4.78, 5) is 10.8. The van der Waals surface area contributed by atoms with E-state index in [1.165, 1.54) is 11.8 Å². The summed E-state index contributed by atoms with van der Waals surface area (Å²) in [5.41, 5.74) is 10.00. The van der Waals surface area contributed by atoms with Gasteiger partial charge in [0.25, 0.3) is 0 Å². The van der Waals surface area contributed by atoms with E-state index in [1.54, 1.807) is 0 Å².